The zero-order valence-corrected chi connectivity index (χ0v) is 14.8. The molecule has 2 aromatic carbocycles. The summed E-state index contributed by atoms with van der Waals surface area (Å²) < 4.78 is 7.16. The van der Waals surface area contributed by atoms with Crippen LogP contribution in [0.3, 0.4) is 0 Å². The number of hydrogen-bond donors (Lipinski definition) is 1. The molecule has 0 fully saturated rings. The Morgan fingerprint density at radius 3 is 2.73 bits per heavy atom. The average Bonchev–Trinajstić information content (AvgIpc) is 3.29. The van der Waals surface area contributed by atoms with E-state index >= 15 is 0 Å². The van der Waals surface area contributed by atoms with Crippen molar-refractivity contribution >= 4 is 11.0 Å². The summed E-state index contributed by atoms with van der Waals surface area (Å²) in [7, 11) is 0. The first-order chi connectivity index (χ1) is 12.5. The quantitative estimate of drug-likeness (QED) is 0.608. The fourth-order valence-corrected chi connectivity index (χ4v) is 2.84. The molecule has 0 bridgehead atoms. The van der Waals surface area contributed by atoms with Gasteiger partial charge in [0.2, 0.25) is 5.82 Å². The molecule has 0 saturated heterocycles. The molecule has 0 saturated carbocycles. The minimum atomic E-state index is -0.527. The van der Waals surface area contributed by atoms with Crippen molar-refractivity contribution in [2.75, 3.05) is 6.61 Å². The van der Waals surface area contributed by atoms with Gasteiger partial charge < -0.3 is 9.63 Å². The maximum Gasteiger partial charge on any atom is 0.258 e. The van der Waals surface area contributed by atoms with E-state index in [-0.39, 0.29) is 6.61 Å². The van der Waals surface area contributed by atoms with Crippen molar-refractivity contribution < 1.29 is 9.63 Å². The summed E-state index contributed by atoms with van der Waals surface area (Å²) in [5, 5.41) is 22.1. The molecule has 4 rings (SSSR count). The summed E-state index contributed by atoms with van der Waals surface area (Å²) in [6.07, 6.45) is 0. The highest BCUT2D eigenvalue weighted by Gasteiger charge is 2.23. The van der Waals surface area contributed by atoms with Gasteiger partial charge in [-0.25, -0.2) is 4.68 Å². The molecule has 0 amide bonds. The van der Waals surface area contributed by atoms with E-state index < -0.39 is 5.54 Å². The summed E-state index contributed by atoms with van der Waals surface area (Å²) in [5.41, 5.74) is 3.83. The summed E-state index contributed by atoms with van der Waals surface area (Å²) in [5.74, 6) is 0.990. The molecular formula is C19H19N5O2. The third kappa shape index (κ3) is 2.66. The third-order valence-corrected chi connectivity index (χ3v) is 4.47. The Morgan fingerprint density at radius 2 is 1.96 bits per heavy atom. The Kier molecular flexibility index (Phi) is 3.81. The van der Waals surface area contributed by atoms with E-state index in [4.69, 9.17) is 4.52 Å². The molecule has 0 spiro atoms. The van der Waals surface area contributed by atoms with Crippen LogP contribution in [0.4, 0.5) is 0 Å². The Balaban J connectivity index is 1.73. The molecule has 0 radical (unpaired) electrons. The van der Waals surface area contributed by atoms with Crippen LogP contribution in [0.1, 0.15) is 19.4 Å². The zero-order valence-electron chi connectivity index (χ0n) is 14.8. The molecule has 0 aliphatic heterocycles. The molecule has 4 aromatic rings. The van der Waals surface area contributed by atoms with Crippen molar-refractivity contribution in [1.29, 1.82) is 0 Å². The molecule has 2 aromatic heterocycles. The number of benzene rings is 2. The van der Waals surface area contributed by atoms with E-state index in [1.165, 1.54) is 0 Å². The number of aliphatic hydroxyl groups excluding tert-OH is 1. The summed E-state index contributed by atoms with van der Waals surface area (Å²) >= 11 is 0. The number of rotatable bonds is 4. The fraction of sp³-hybridized carbons (Fsp3) is 0.263. The lowest BCUT2D eigenvalue weighted by molar-refractivity contribution is 0.154. The molecule has 0 aliphatic rings. The van der Waals surface area contributed by atoms with Crippen LogP contribution in [0.5, 0.6) is 0 Å². The van der Waals surface area contributed by atoms with E-state index in [0.717, 1.165) is 22.2 Å². The van der Waals surface area contributed by atoms with Crippen LogP contribution >= 0.6 is 0 Å². The Bertz CT molecular complexity index is 1080. The number of aryl methyl sites for hydroxylation is 1. The van der Waals surface area contributed by atoms with Gasteiger partial charge in [-0.2, -0.15) is 4.98 Å². The van der Waals surface area contributed by atoms with Crippen molar-refractivity contribution in [1.82, 2.24) is 25.1 Å². The van der Waals surface area contributed by atoms with Gasteiger partial charge in [-0.05, 0) is 50.6 Å². The first-order valence-corrected chi connectivity index (χ1v) is 8.36. The Hall–Kier alpha value is -3.06. The number of fused-ring (bicyclic) bond motifs is 1. The summed E-state index contributed by atoms with van der Waals surface area (Å²) in [4.78, 5) is 4.52. The first-order valence-electron chi connectivity index (χ1n) is 8.36. The summed E-state index contributed by atoms with van der Waals surface area (Å²) in [6, 6.07) is 13.6. The fourth-order valence-electron chi connectivity index (χ4n) is 2.84. The number of hydrogen-bond acceptors (Lipinski definition) is 6. The molecule has 0 unspecified atom stereocenters. The van der Waals surface area contributed by atoms with Crippen molar-refractivity contribution in [2.45, 2.75) is 26.3 Å². The second-order valence-electron chi connectivity index (χ2n) is 6.91. The van der Waals surface area contributed by atoms with Crippen LogP contribution in [-0.2, 0) is 5.54 Å². The molecule has 0 atom stereocenters. The maximum absolute atomic E-state index is 9.57. The summed E-state index contributed by atoms with van der Waals surface area (Å²) in [6.45, 7) is 5.79. The standard InChI is InChI=1S/C19H19N5O2/c1-12-6-4-5-7-14(12)18-20-17(22-26-18)13-8-9-16-15(10-13)21-23-24(16)19(2,3)11-25/h4-10,25H,11H2,1-3H3. The van der Waals surface area contributed by atoms with Crippen LogP contribution in [0.25, 0.3) is 33.9 Å². The van der Waals surface area contributed by atoms with Gasteiger partial charge in [0.15, 0.2) is 0 Å². The second kappa shape index (κ2) is 6.03. The molecule has 132 valence electrons. The first kappa shape index (κ1) is 16.4. The van der Waals surface area contributed by atoms with Crippen LogP contribution in [0.15, 0.2) is 47.0 Å². The van der Waals surface area contributed by atoms with Crippen molar-refractivity contribution in [3.05, 3.63) is 48.0 Å². The number of aliphatic hydroxyl groups is 1. The van der Waals surface area contributed by atoms with Crippen LogP contribution in [-0.4, -0.2) is 36.8 Å². The monoisotopic (exact) mass is 349 g/mol. The van der Waals surface area contributed by atoms with Gasteiger partial charge >= 0.3 is 0 Å². The normalized spacial score (nSPS) is 12.0. The van der Waals surface area contributed by atoms with E-state index in [1.807, 2.05) is 63.2 Å². The molecule has 1 N–H and O–H groups in total. The Morgan fingerprint density at radius 1 is 1.15 bits per heavy atom. The largest absolute Gasteiger partial charge is 0.394 e. The number of nitrogens with zero attached hydrogens (tertiary/aromatic N) is 5. The lowest BCUT2D eigenvalue weighted by Crippen LogP contribution is -2.31. The van der Waals surface area contributed by atoms with Gasteiger partial charge in [-0.3, -0.25) is 0 Å². The average molecular weight is 349 g/mol. The highest BCUT2D eigenvalue weighted by atomic mass is 16.5. The lowest BCUT2D eigenvalue weighted by atomic mass is 10.1. The van der Waals surface area contributed by atoms with Crippen LogP contribution in [0, 0.1) is 6.92 Å². The topological polar surface area (TPSA) is 89.9 Å². The highest BCUT2D eigenvalue weighted by molar-refractivity contribution is 5.80. The van der Waals surface area contributed by atoms with E-state index in [9.17, 15) is 5.11 Å². The molecule has 0 aliphatic carbocycles. The predicted octanol–water partition coefficient (Wildman–Crippen LogP) is 3.18. The lowest BCUT2D eigenvalue weighted by Gasteiger charge is -2.22. The predicted molar refractivity (Wildman–Crippen MR) is 97.4 cm³/mol. The highest BCUT2D eigenvalue weighted by Crippen LogP contribution is 2.27. The maximum atomic E-state index is 9.57. The molecule has 26 heavy (non-hydrogen) atoms. The van der Waals surface area contributed by atoms with Crippen molar-refractivity contribution in [3.63, 3.8) is 0 Å². The van der Waals surface area contributed by atoms with E-state index in [0.29, 0.717) is 17.2 Å². The minimum Gasteiger partial charge on any atom is -0.394 e. The van der Waals surface area contributed by atoms with Gasteiger partial charge in [0.1, 0.15) is 5.52 Å². The Labute approximate surface area is 150 Å². The van der Waals surface area contributed by atoms with Gasteiger partial charge in [0.25, 0.3) is 5.89 Å². The van der Waals surface area contributed by atoms with Crippen molar-refractivity contribution in [3.8, 4) is 22.8 Å². The van der Waals surface area contributed by atoms with Crippen molar-refractivity contribution in [2.24, 2.45) is 0 Å². The minimum absolute atomic E-state index is 0.0299. The number of aromatic nitrogens is 5. The second-order valence-corrected chi connectivity index (χ2v) is 6.91. The molecule has 2 heterocycles. The zero-order chi connectivity index (χ0) is 18.3. The van der Waals surface area contributed by atoms with Gasteiger partial charge in [-0.1, -0.05) is 28.6 Å². The third-order valence-electron chi connectivity index (χ3n) is 4.47. The van der Waals surface area contributed by atoms with Gasteiger partial charge in [0.05, 0.1) is 17.7 Å². The molecular weight excluding hydrogens is 330 g/mol. The van der Waals surface area contributed by atoms with Crippen LogP contribution in [0.2, 0.25) is 0 Å². The van der Waals surface area contributed by atoms with Crippen LogP contribution < -0.4 is 0 Å². The van der Waals surface area contributed by atoms with E-state index in [1.54, 1.807) is 4.68 Å². The molecule has 7 heteroatoms. The van der Waals surface area contributed by atoms with Gasteiger partial charge in [-0.15, -0.1) is 5.10 Å². The van der Waals surface area contributed by atoms with Gasteiger partial charge in [0, 0.05) is 11.1 Å². The SMILES string of the molecule is Cc1ccccc1-c1nc(-c2ccc3c(c2)nnn3C(C)(C)CO)no1. The smallest absolute Gasteiger partial charge is 0.258 e. The van der Waals surface area contributed by atoms with E-state index in [2.05, 4.69) is 20.5 Å². The molecule has 7 nitrogen and oxygen atoms in total.